The van der Waals surface area contributed by atoms with Crippen LogP contribution in [-0.4, -0.2) is 32.2 Å². The van der Waals surface area contributed by atoms with Gasteiger partial charge in [0.05, 0.1) is 4.90 Å². The van der Waals surface area contributed by atoms with E-state index in [1.165, 1.54) is 6.07 Å². The molecule has 0 aromatic heterocycles. The summed E-state index contributed by atoms with van der Waals surface area (Å²) in [4.78, 5) is 0.0858. The first kappa shape index (κ1) is 13.7. The quantitative estimate of drug-likeness (QED) is 0.859. The third-order valence-corrected chi connectivity index (χ3v) is 5.21. The summed E-state index contributed by atoms with van der Waals surface area (Å²) in [7, 11) is -3.71. The van der Waals surface area contributed by atoms with Gasteiger partial charge < -0.3 is 0 Å². The third-order valence-electron chi connectivity index (χ3n) is 3.00. The largest absolute Gasteiger partial charge is 0.243 e. The molecule has 0 atom stereocenters. The van der Waals surface area contributed by atoms with Gasteiger partial charge in [0.1, 0.15) is 0 Å². The van der Waals surface area contributed by atoms with Gasteiger partial charge in [-0.3, -0.25) is 0 Å². The molecule has 2 rings (SSSR count). The molecule has 0 aliphatic carbocycles. The molecule has 0 spiro atoms. The zero-order valence-corrected chi connectivity index (χ0v) is 11.2. The van der Waals surface area contributed by atoms with Gasteiger partial charge in [0.15, 0.2) is 0 Å². The highest BCUT2D eigenvalue weighted by molar-refractivity contribution is 7.89. The number of nitrogens with zero attached hydrogens (tertiary/aromatic N) is 1. The van der Waals surface area contributed by atoms with Gasteiger partial charge in [-0.25, -0.2) is 17.2 Å². The zero-order valence-electron chi connectivity index (χ0n) is 9.61. The summed E-state index contributed by atoms with van der Waals surface area (Å²) >= 11 is 5.76. The van der Waals surface area contributed by atoms with E-state index in [-0.39, 0.29) is 18.0 Å². The van der Waals surface area contributed by atoms with Crippen LogP contribution in [0.5, 0.6) is 0 Å². The fourth-order valence-corrected chi connectivity index (χ4v) is 3.86. The second-order valence-electron chi connectivity index (χ2n) is 4.33. The SMILES string of the molecule is Cc1ccc(Cl)cc1S(=O)(=O)N1CC(C(F)F)C1. The van der Waals surface area contributed by atoms with Crippen molar-refractivity contribution < 1.29 is 17.2 Å². The van der Waals surface area contributed by atoms with Crippen molar-refractivity contribution in [2.75, 3.05) is 13.1 Å². The number of benzene rings is 1. The van der Waals surface area contributed by atoms with Crippen molar-refractivity contribution in [3.63, 3.8) is 0 Å². The van der Waals surface area contributed by atoms with E-state index in [2.05, 4.69) is 0 Å². The van der Waals surface area contributed by atoms with Crippen molar-refractivity contribution >= 4 is 21.6 Å². The molecule has 0 bridgehead atoms. The molecular formula is C11H12ClF2NO2S. The molecule has 18 heavy (non-hydrogen) atoms. The fourth-order valence-electron chi connectivity index (χ4n) is 1.82. The van der Waals surface area contributed by atoms with Crippen molar-refractivity contribution in [2.45, 2.75) is 18.2 Å². The smallest absolute Gasteiger partial charge is 0.210 e. The molecule has 0 amide bonds. The van der Waals surface area contributed by atoms with Crippen LogP contribution >= 0.6 is 11.6 Å². The summed E-state index contributed by atoms with van der Waals surface area (Å²) in [6.45, 7) is 1.38. The molecule has 1 aliphatic rings. The lowest BCUT2D eigenvalue weighted by atomic mass is 10.1. The van der Waals surface area contributed by atoms with Crippen LogP contribution in [0.4, 0.5) is 8.78 Å². The number of aryl methyl sites for hydroxylation is 1. The summed E-state index contributed by atoms with van der Waals surface area (Å²) in [6.07, 6.45) is -2.48. The Morgan fingerprint density at radius 1 is 1.39 bits per heavy atom. The molecule has 1 fully saturated rings. The summed E-state index contributed by atoms with van der Waals surface area (Å²) in [5.41, 5.74) is 0.555. The standard InChI is InChI=1S/C11H12ClF2NO2S/c1-7-2-3-9(12)4-10(7)18(16,17)15-5-8(6-15)11(13)14/h2-4,8,11H,5-6H2,1H3. The van der Waals surface area contributed by atoms with Crippen molar-refractivity contribution in [1.29, 1.82) is 0 Å². The molecule has 1 heterocycles. The van der Waals surface area contributed by atoms with Crippen molar-refractivity contribution in [1.82, 2.24) is 4.31 Å². The highest BCUT2D eigenvalue weighted by Crippen LogP contribution is 2.31. The first-order valence-electron chi connectivity index (χ1n) is 5.37. The number of alkyl halides is 2. The summed E-state index contributed by atoms with van der Waals surface area (Å²) in [5.74, 6) is -0.862. The number of halogens is 3. The maximum Gasteiger partial charge on any atom is 0.243 e. The van der Waals surface area contributed by atoms with E-state index >= 15 is 0 Å². The highest BCUT2D eigenvalue weighted by atomic mass is 35.5. The Kier molecular flexibility index (Phi) is 3.62. The molecule has 1 aliphatic heterocycles. The van der Waals surface area contributed by atoms with Gasteiger partial charge in [-0.15, -0.1) is 0 Å². The van der Waals surface area contributed by atoms with Crippen molar-refractivity contribution in [3.05, 3.63) is 28.8 Å². The molecule has 0 unspecified atom stereocenters. The molecule has 1 aromatic carbocycles. The van der Waals surface area contributed by atoms with E-state index in [0.717, 1.165) is 4.31 Å². The Hall–Kier alpha value is -0.720. The third kappa shape index (κ3) is 2.37. The van der Waals surface area contributed by atoms with Crippen LogP contribution in [0.25, 0.3) is 0 Å². The van der Waals surface area contributed by atoms with Crippen LogP contribution in [0.3, 0.4) is 0 Å². The fraction of sp³-hybridized carbons (Fsp3) is 0.455. The lowest BCUT2D eigenvalue weighted by Gasteiger charge is -2.37. The first-order chi connectivity index (χ1) is 8.32. The zero-order chi connectivity index (χ0) is 13.5. The lowest BCUT2D eigenvalue weighted by Crippen LogP contribution is -2.52. The van der Waals surface area contributed by atoms with Crippen LogP contribution in [0, 0.1) is 12.8 Å². The van der Waals surface area contributed by atoms with Crippen molar-refractivity contribution in [3.8, 4) is 0 Å². The lowest BCUT2D eigenvalue weighted by molar-refractivity contribution is 0.0123. The second kappa shape index (κ2) is 4.75. The minimum Gasteiger partial charge on any atom is -0.210 e. The Balaban J connectivity index is 2.25. The molecule has 3 nitrogen and oxygen atoms in total. The monoisotopic (exact) mass is 295 g/mol. The molecular weight excluding hydrogens is 284 g/mol. The minimum atomic E-state index is -3.71. The molecule has 0 radical (unpaired) electrons. The number of hydrogen-bond donors (Lipinski definition) is 0. The highest BCUT2D eigenvalue weighted by Gasteiger charge is 2.41. The maximum atomic E-state index is 12.3. The molecule has 7 heteroatoms. The van der Waals surface area contributed by atoms with Crippen LogP contribution in [0.1, 0.15) is 5.56 Å². The van der Waals surface area contributed by atoms with E-state index in [1.807, 2.05) is 0 Å². The Morgan fingerprint density at radius 3 is 2.56 bits per heavy atom. The average Bonchev–Trinajstić information content (AvgIpc) is 2.18. The summed E-state index contributed by atoms with van der Waals surface area (Å²) in [5, 5.41) is 0.310. The van der Waals surface area contributed by atoms with E-state index < -0.39 is 22.4 Å². The van der Waals surface area contributed by atoms with Gasteiger partial charge in [0, 0.05) is 24.0 Å². The van der Waals surface area contributed by atoms with E-state index in [1.54, 1.807) is 19.1 Å². The average molecular weight is 296 g/mol. The topological polar surface area (TPSA) is 37.4 Å². The number of sulfonamides is 1. The van der Waals surface area contributed by atoms with Gasteiger partial charge in [0.2, 0.25) is 16.4 Å². The van der Waals surface area contributed by atoms with Crippen LogP contribution in [0.15, 0.2) is 23.1 Å². The van der Waals surface area contributed by atoms with Gasteiger partial charge in [-0.2, -0.15) is 4.31 Å². The van der Waals surface area contributed by atoms with E-state index in [0.29, 0.717) is 10.6 Å². The van der Waals surface area contributed by atoms with E-state index in [9.17, 15) is 17.2 Å². The van der Waals surface area contributed by atoms with Crippen LogP contribution in [-0.2, 0) is 10.0 Å². The Labute approximate surface area is 109 Å². The predicted molar refractivity (Wildman–Crippen MR) is 64.4 cm³/mol. The van der Waals surface area contributed by atoms with Gasteiger partial charge in [0.25, 0.3) is 0 Å². The summed E-state index contributed by atoms with van der Waals surface area (Å²) in [6, 6.07) is 4.54. The van der Waals surface area contributed by atoms with Crippen LogP contribution < -0.4 is 0 Å². The first-order valence-corrected chi connectivity index (χ1v) is 7.18. The van der Waals surface area contributed by atoms with E-state index in [4.69, 9.17) is 11.6 Å². The molecule has 0 N–H and O–H groups in total. The van der Waals surface area contributed by atoms with Crippen LogP contribution in [0.2, 0.25) is 5.02 Å². The number of rotatable bonds is 3. The molecule has 0 saturated carbocycles. The second-order valence-corrected chi connectivity index (χ2v) is 6.67. The molecule has 100 valence electrons. The maximum absolute atomic E-state index is 12.3. The molecule has 1 saturated heterocycles. The number of hydrogen-bond acceptors (Lipinski definition) is 2. The molecule has 1 aromatic rings. The normalized spacial score (nSPS) is 18.1. The predicted octanol–water partition coefficient (Wildman–Crippen LogP) is 2.53. The van der Waals surface area contributed by atoms with Gasteiger partial charge >= 0.3 is 0 Å². The van der Waals surface area contributed by atoms with Gasteiger partial charge in [-0.1, -0.05) is 17.7 Å². The summed E-state index contributed by atoms with van der Waals surface area (Å²) < 4.78 is 50.1. The minimum absolute atomic E-state index is 0.0858. The van der Waals surface area contributed by atoms with Crippen molar-refractivity contribution in [2.24, 2.45) is 5.92 Å². The Bertz CT molecular complexity index is 556. The Morgan fingerprint density at radius 2 is 2.00 bits per heavy atom. The van der Waals surface area contributed by atoms with Gasteiger partial charge in [-0.05, 0) is 24.6 Å².